The third-order valence-electron chi connectivity index (χ3n) is 2.31. The van der Waals surface area contributed by atoms with Crippen molar-refractivity contribution in [3.05, 3.63) is 72.6 Å². The molecule has 0 fully saturated rings. The zero-order chi connectivity index (χ0) is 10.5. The van der Waals surface area contributed by atoms with Gasteiger partial charge in [-0.1, -0.05) is 42.5 Å². The van der Waals surface area contributed by atoms with Crippen LogP contribution in [0.2, 0.25) is 0 Å². The van der Waals surface area contributed by atoms with E-state index >= 15 is 0 Å². The van der Waals surface area contributed by atoms with Crippen LogP contribution in [0, 0.1) is 6.92 Å². The maximum absolute atomic E-state index is 5.84. The highest BCUT2D eigenvalue weighted by atomic mass is 14.9. The Balaban J connectivity index is 2.03. The standard InChI is InChI=1S/C14H13N/c1-12-7-5-6-8-13(12)11-15-14-9-3-2-4-10-14/h1-10,15H,11H2. The van der Waals surface area contributed by atoms with Crippen LogP contribution in [0.3, 0.4) is 0 Å². The highest BCUT2D eigenvalue weighted by molar-refractivity contribution is 5.44. The number of hydrogen-bond acceptors (Lipinski definition) is 1. The predicted octanol–water partition coefficient (Wildman–Crippen LogP) is 3.36. The monoisotopic (exact) mass is 195 g/mol. The summed E-state index contributed by atoms with van der Waals surface area (Å²) >= 11 is 0. The second-order valence-corrected chi connectivity index (χ2v) is 3.42. The lowest BCUT2D eigenvalue weighted by Crippen LogP contribution is -2.00. The molecule has 1 heteroatoms. The van der Waals surface area contributed by atoms with Crippen molar-refractivity contribution in [2.24, 2.45) is 0 Å². The van der Waals surface area contributed by atoms with Crippen molar-refractivity contribution in [2.75, 3.05) is 5.32 Å². The molecule has 2 aromatic carbocycles. The molecule has 0 saturated heterocycles. The first kappa shape index (κ1) is 9.78. The molecular formula is C14H13N. The van der Waals surface area contributed by atoms with E-state index in [1.165, 1.54) is 0 Å². The molecule has 0 bridgehead atoms. The summed E-state index contributed by atoms with van der Waals surface area (Å²) in [5.74, 6) is 0. The van der Waals surface area contributed by atoms with Gasteiger partial charge in [-0.3, -0.25) is 0 Å². The van der Waals surface area contributed by atoms with Gasteiger partial charge < -0.3 is 5.32 Å². The minimum absolute atomic E-state index is 0.761. The summed E-state index contributed by atoms with van der Waals surface area (Å²) in [5, 5.41) is 3.32. The minimum Gasteiger partial charge on any atom is -0.381 e. The Bertz CT molecular complexity index is 420. The molecule has 0 aromatic heterocycles. The van der Waals surface area contributed by atoms with E-state index in [0.717, 1.165) is 23.4 Å². The van der Waals surface area contributed by atoms with Crippen molar-refractivity contribution in [3.8, 4) is 0 Å². The molecule has 1 nitrogen and oxygen atoms in total. The molecule has 0 heterocycles. The first-order valence-electron chi connectivity index (χ1n) is 4.98. The van der Waals surface area contributed by atoms with E-state index in [1.54, 1.807) is 0 Å². The van der Waals surface area contributed by atoms with Crippen molar-refractivity contribution in [1.82, 2.24) is 0 Å². The molecule has 0 saturated carbocycles. The highest BCUT2D eigenvalue weighted by Crippen LogP contribution is 2.11. The number of anilines is 1. The molecule has 1 N–H and O–H groups in total. The third-order valence-corrected chi connectivity index (χ3v) is 2.31. The molecule has 2 radical (unpaired) electrons. The lowest BCUT2D eigenvalue weighted by atomic mass is 10.1. The van der Waals surface area contributed by atoms with Crippen molar-refractivity contribution < 1.29 is 0 Å². The van der Waals surface area contributed by atoms with Gasteiger partial charge in [0.2, 0.25) is 0 Å². The smallest absolute Gasteiger partial charge is 0.0403 e. The highest BCUT2D eigenvalue weighted by Gasteiger charge is 1.96. The Kier molecular flexibility index (Phi) is 3.03. The summed E-state index contributed by atoms with van der Waals surface area (Å²) in [7, 11) is 0. The molecule has 0 amide bonds. The number of benzene rings is 2. The van der Waals surface area contributed by atoms with Gasteiger partial charge in [-0.15, -0.1) is 0 Å². The Hall–Kier alpha value is -1.76. The van der Waals surface area contributed by atoms with Crippen LogP contribution in [0.5, 0.6) is 0 Å². The van der Waals surface area contributed by atoms with Crippen LogP contribution in [0.4, 0.5) is 5.69 Å². The quantitative estimate of drug-likeness (QED) is 0.791. The van der Waals surface area contributed by atoms with Crippen LogP contribution in [0.25, 0.3) is 0 Å². The molecule has 74 valence electrons. The van der Waals surface area contributed by atoms with Gasteiger partial charge in [-0.2, -0.15) is 0 Å². The minimum atomic E-state index is 0.761. The second kappa shape index (κ2) is 4.65. The van der Waals surface area contributed by atoms with E-state index < -0.39 is 0 Å². The number of nitrogens with one attached hydrogen (secondary N) is 1. The van der Waals surface area contributed by atoms with Crippen LogP contribution < -0.4 is 5.32 Å². The summed E-state index contributed by atoms with van der Waals surface area (Å²) in [6, 6.07) is 18.0. The molecule has 0 atom stereocenters. The van der Waals surface area contributed by atoms with Crippen LogP contribution in [0.1, 0.15) is 11.1 Å². The number of rotatable bonds is 3. The fraction of sp³-hybridized carbons (Fsp3) is 0.0714. The van der Waals surface area contributed by atoms with Gasteiger partial charge in [0.05, 0.1) is 0 Å². The molecule has 0 aliphatic heterocycles. The van der Waals surface area contributed by atoms with Crippen molar-refractivity contribution in [2.45, 2.75) is 6.54 Å². The first-order chi connectivity index (χ1) is 7.36. The largest absolute Gasteiger partial charge is 0.381 e. The lowest BCUT2D eigenvalue weighted by Gasteiger charge is -2.08. The van der Waals surface area contributed by atoms with E-state index in [0.29, 0.717) is 0 Å². The Morgan fingerprint density at radius 1 is 0.867 bits per heavy atom. The normalized spacial score (nSPS) is 9.93. The van der Waals surface area contributed by atoms with Gasteiger partial charge in [0.1, 0.15) is 0 Å². The van der Waals surface area contributed by atoms with Crippen LogP contribution >= 0.6 is 0 Å². The summed E-state index contributed by atoms with van der Waals surface area (Å²) < 4.78 is 0. The molecule has 15 heavy (non-hydrogen) atoms. The second-order valence-electron chi connectivity index (χ2n) is 3.42. The molecule has 0 spiro atoms. The number of hydrogen-bond donors (Lipinski definition) is 1. The van der Waals surface area contributed by atoms with E-state index in [9.17, 15) is 0 Å². The van der Waals surface area contributed by atoms with Gasteiger partial charge in [0.15, 0.2) is 0 Å². The van der Waals surface area contributed by atoms with Gasteiger partial charge in [-0.25, -0.2) is 0 Å². The maximum atomic E-state index is 5.84. The fourth-order valence-electron chi connectivity index (χ4n) is 1.45. The first-order valence-corrected chi connectivity index (χ1v) is 4.98. The Morgan fingerprint density at radius 2 is 1.53 bits per heavy atom. The summed E-state index contributed by atoms with van der Waals surface area (Å²) in [5.41, 5.74) is 3.07. The molecule has 2 aromatic rings. The third kappa shape index (κ3) is 2.59. The molecular weight excluding hydrogens is 182 g/mol. The molecule has 0 unspecified atom stereocenters. The summed E-state index contributed by atoms with van der Waals surface area (Å²) in [4.78, 5) is 0. The SMILES string of the molecule is [CH]c1ccccc1CNc1ccccc1. The van der Waals surface area contributed by atoms with E-state index in [2.05, 4.69) is 5.32 Å². The van der Waals surface area contributed by atoms with Crippen molar-refractivity contribution >= 4 is 5.69 Å². The fourth-order valence-corrected chi connectivity index (χ4v) is 1.45. The molecule has 0 aliphatic carbocycles. The average molecular weight is 195 g/mol. The van der Waals surface area contributed by atoms with Crippen LogP contribution in [-0.4, -0.2) is 0 Å². The van der Waals surface area contributed by atoms with E-state index in [4.69, 9.17) is 6.92 Å². The van der Waals surface area contributed by atoms with Crippen LogP contribution in [0.15, 0.2) is 54.6 Å². The molecule has 0 aliphatic rings. The Morgan fingerprint density at radius 3 is 2.27 bits per heavy atom. The Labute approximate surface area is 90.8 Å². The van der Waals surface area contributed by atoms with Crippen molar-refractivity contribution in [3.63, 3.8) is 0 Å². The van der Waals surface area contributed by atoms with Gasteiger partial charge in [-0.05, 0) is 30.2 Å². The summed E-state index contributed by atoms with van der Waals surface area (Å²) in [6.07, 6.45) is 0. The van der Waals surface area contributed by atoms with Crippen molar-refractivity contribution in [1.29, 1.82) is 0 Å². The molecule has 2 rings (SSSR count). The predicted molar refractivity (Wildman–Crippen MR) is 63.6 cm³/mol. The number of para-hydroxylation sites is 1. The average Bonchev–Trinajstić information content (AvgIpc) is 2.29. The van der Waals surface area contributed by atoms with Gasteiger partial charge in [0, 0.05) is 12.2 Å². The zero-order valence-corrected chi connectivity index (χ0v) is 8.48. The lowest BCUT2D eigenvalue weighted by molar-refractivity contribution is 1.14. The van der Waals surface area contributed by atoms with E-state index in [1.807, 2.05) is 54.6 Å². The topological polar surface area (TPSA) is 12.0 Å². The van der Waals surface area contributed by atoms with Gasteiger partial charge >= 0.3 is 0 Å². The maximum Gasteiger partial charge on any atom is 0.0403 e. The van der Waals surface area contributed by atoms with E-state index in [-0.39, 0.29) is 0 Å². The zero-order valence-electron chi connectivity index (χ0n) is 8.48. The van der Waals surface area contributed by atoms with Crippen LogP contribution in [-0.2, 0) is 6.54 Å². The van der Waals surface area contributed by atoms with Gasteiger partial charge in [0.25, 0.3) is 0 Å². The summed E-state index contributed by atoms with van der Waals surface area (Å²) in [6.45, 7) is 6.61.